The molecule has 0 atom stereocenters. The van der Waals surface area contributed by atoms with Gasteiger partial charge in [0.1, 0.15) is 12.4 Å². The molecule has 5 rings (SSSR count). The smallest absolute Gasteiger partial charge is 0.310 e. The van der Waals surface area contributed by atoms with Crippen molar-refractivity contribution in [2.45, 2.75) is 38.0 Å². The molecular weight excluding hydrogens is 440 g/mol. The molecule has 1 aliphatic carbocycles. The van der Waals surface area contributed by atoms with Crippen molar-refractivity contribution in [2.24, 2.45) is 5.73 Å². The van der Waals surface area contributed by atoms with E-state index in [2.05, 4.69) is 47.4 Å². The van der Waals surface area contributed by atoms with Gasteiger partial charge in [-0.1, -0.05) is 36.4 Å². The molecule has 0 amide bonds. The minimum Gasteiger partial charge on any atom is -0.489 e. The van der Waals surface area contributed by atoms with Gasteiger partial charge in [0.05, 0.1) is 25.7 Å². The number of anilines is 1. The zero-order valence-corrected chi connectivity index (χ0v) is 20.2. The van der Waals surface area contributed by atoms with Crippen LogP contribution >= 0.6 is 0 Å². The molecule has 0 radical (unpaired) electrons. The van der Waals surface area contributed by atoms with E-state index < -0.39 is 0 Å². The van der Waals surface area contributed by atoms with Gasteiger partial charge in [0.25, 0.3) is 0 Å². The van der Waals surface area contributed by atoms with E-state index >= 15 is 0 Å². The Morgan fingerprint density at radius 3 is 2.66 bits per heavy atom. The number of methoxy groups -OCH3 is 1. The number of nitrogens with two attached hydrogens (primary N) is 1. The number of morpholine rings is 1. The molecule has 182 valence electrons. The highest BCUT2D eigenvalue weighted by Gasteiger charge is 2.47. The number of rotatable bonds is 8. The van der Waals surface area contributed by atoms with Crippen LogP contribution in [-0.4, -0.2) is 38.4 Å². The molecule has 6 heteroatoms. The van der Waals surface area contributed by atoms with Gasteiger partial charge in [-0.25, -0.2) is 0 Å². The molecule has 3 aromatic rings. The maximum absolute atomic E-state index is 11.8. The minimum atomic E-state index is -0.286. The van der Waals surface area contributed by atoms with Crippen molar-refractivity contribution in [1.29, 1.82) is 0 Å². The lowest BCUT2D eigenvalue weighted by Gasteiger charge is -2.35. The van der Waals surface area contributed by atoms with Crippen LogP contribution in [0, 0.1) is 0 Å². The largest absolute Gasteiger partial charge is 0.489 e. The maximum Gasteiger partial charge on any atom is 0.310 e. The lowest BCUT2D eigenvalue weighted by molar-refractivity contribution is -0.139. The molecule has 0 aromatic heterocycles. The van der Waals surface area contributed by atoms with E-state index in [1.807, 2.05) is 24.3 Å². The van der Waals surface area contributed by atoms with Crippen LogP contribution in [0.5, 0.6) is 5.75 Å². The number of esters is 1. The first-order valence-corrected chi connectivity index (χ1v) is 12.2. The predicted octanol–water partition coefficient (Wildman–Crippen LogP) is 4.48. The molecule has 0 unspecified atom stereocenters. The fourth-order valence-corrected chi connectivity index (χ4v) is 4.67. The van der Waals surface area contributed by atoms with Crippen molar-refractivity contribution in [3.05, 3.63) is 83.4 Å². The van der Waals surface area contributed by atoms with Crippen LogP contribution in [0.25, 0.3) is 11.1 Å². The average molecular weight is 473 g/mol. The number of hydrogen-bond donors (Lipinski definition) is 1. The summed E-state index contributed by atoms with van der Waals surface area (Å²) < 4.78 is 17.1. The van der Waals surface area contributed by atoms with E-state index in [0.29, 0.717) is 18.9 Å². The first kappa shape index (κ1) is 23.4. The molecule has 2 aliphatic rings. The lowest BCUT2D eigenvalue weighted by atomic mass is 9.99. The molecular formula is C29H32N2O4. The summed E-state index contributed by atoms with van der Waals surface area (Å²) in [5.74, 6) is 0.407. The van der Waals surface area contributed by atoms with Gasteiger partial charge in [-0.2, -0.15) is 0 Å². The number of carbonyl (C=O) groups excluding carboxylic acids is 1. The Kier molecular flexibility index (Phi) is 6.75. The standard InChI is InChI=1S/C29H32N2O4/c1-33-28(32)17-24-6-2-3-8-27(24)34-19-22-14-25(23-7-4-5-21(13-23)18-30)16-26(15-22)31-11-12-35-29(20-31)9-10-29/h2-8,13-16H,9-12,17-20,30H2,1H3. The summed E-state index contributed by atoms with van der Waals surface area (Å²) >= 11 is 0. The van der Waals surface area contributed by atoms with Crippen LogP contribution < -0.4 is 15.4 Å². The molecule has 2 fully saturated rings. The highest BCUT2D eigenvalue weighted by Crippen LogP contribution is 2.43. The molecule has 35 heavy (non-hydrogen) atoms. The highest BCUT2D eigenvalue weighted by molar-refractivity contribution is 5.73. The molecule has 1 spiro atoms. The Labute approximate surface area is 206 Å². The van der Waals surface area contributed by atoms with E-state index in [1.54, 1.807) is 0 Å². The van der Waals surface area contributed by atoms with Gasteiger partial charge >= 0.3 is 5.97 Å². The first-order chi connectivity index (χ1) is 17.1. The van der Waals surface area contributed by atoms with Crippen molar-refractivity contribution in [2.75, 3.05) is 31.7 Å². The Morgan fingerprint density at radius 2 is 1.86 bits per heavy atom. The zero-order valence-electron chi connectivity index (χ0n) is 20.2. The number of hydrogen-bond acceptors (Lipinski definition) is 6. The monoisotopic (exact) mass is 472 g/mol. The van der Waals surface area contributed by atoms with E-state index in [9.17, 15) is 4.79 Å². The predicted molar refractivity (Wildman–Crippen MR) is 136 cm³/mol. The summed E-state index contributed by atoms with van der Waals surface area (Å²) in [4.78, 5) is 14.3. The second-order valence-corrected chi connectivity index (χ2v) is 9.39. The molecule has 1 saturated carbocycles. The Morgan fingerprint density at radius 1 is 1.03 bits per heavy atom. The number of ether oxygens (including phenoxy) is 3. The molecule has 1 saturated heterocycles. The van der Waals surface area contributed by atoms with Gasteiger partial charge in [-0.05, 0) is 65.4 Å². The highest BCUT2D eigenvalue weighted by atomic mass is 16.5. The van der Waals surface area contributed by atoms with Crippen molar-refractivity contribution in [1.82, 2.24) is 0 Å². The third kappa shape index (κ3) is 5.50. The molecule has 6 nitrogen and oxygen atoms in total. The van der Waals surface area contributed by atoms with Gasteiger partial charge < -0.3 is 24.8 Å². The summed E-state index contributed by atoms with van der Waals surface area (Å²) in [5, 5.41) is 0. The summed E-state index contributed by atoms with van der Waals surface area (Å²) in [6.07, 6.45) is 2.45. The SMILES string of the molecule is COC(=O)Cc1ccccc1OCc1cc(-c2cccc(CN)c2)cc(N2CCOC3(CC3)C2)c1. The number of benzene rings is 3. The van der Waals surface area contributed by atoms with E-state index in [1.165, 1.54) is 12.8 Å². The van der Waals surface area contributed by atoms with Crippen LogP contribution in [0.3, 0.4) is 0 Å². The first-order valence-electron chi connectivity index (χ1n) is 12.2. The van der Waals surface area contributed by atoms with E-state index in [-0.39, 0.29) is 18.0 Å². The zero-order chi connectivity index (χ0) is 24.3. The maximum atomic E-state index is 11.8. The fourth-order valence-electron chi connectivity index (χ4n) is 4.67. The molecule has 2 N–H and O–H groups in total. The molecule has 1 aliphatic heterocycles. The van der Waals surface area contributed by atoms with Crippen LogP contribution in [0.15, 0.2) is 66.7 Å². The number of nitrogens with zero attached hydrogens (tertiary/aromatic N) is 1. The van der Waals surface area contributed by atoms with Gasteiger partial charge in [0.2, 0.25) is 0 Å². The van der Waals surface area contributed by atoms with Crippen LogP contribution in [0.2, 0.25) is 0 Å². The Bertz CT molecular complexity index is 1200. The van der Waals surface area contributed by atoms with E-state index in [0.717, 1.165) is 60.4 Å². The van der Waals surface area contributed by atoms with Gasteiger partial charge in [-0.15, -0.1) is 0 Å². The van der Waals surface area contributed by atoms with Gasteiger partial charge in [0, 0.05) is 30.9 Å². The van der Waals surface area contributed by atoms with Gasteiger partial charge in [0.15, 0.2) is 0 Å². The molecule has 3 aromatic carbocycles. The second-order valence-electron chi connectivity index (χ2n) is 9.39. The summed E-state index contributed by atoms with van der Waals surface area (Å²) in [6, 6.07) is 22.6. The molecule has 1 heterocycles. The number of para-hydroxylation sites is 1. The summed E-state index contributed by atoms with van der Waals surface area (Å²) in [7, 11) is 1.40. The van der Waals surface area contributed by atoms with Crippen LogP contribution in [0.4, 0.5) is 5.69 Å². The van der Waals surface area contributed by atoms with Crippen molar-refractivity contribution >= 4 is 11.7 Å². The van der Waals surface area contributed by atoms with Crippen LogP contribution in [0.1, 0.15) is 29.5 Å². The second kappa shape index (κ2) is 10.1. The topological polar surface area (TPSA) is 74.0 Å². The van der Waals surface area contributed by atoms with Gasteiger partial charge in [-0.3, -0.25) is 4.79 Å². The van der Waals surface area contributed by atoms with Crippen molar-refractivity contribution in [3.8, 4) is 16.9 Å². The Hall–Kier alpha value is -3.35. The Balaban J connectivity index is 1.44. The minimum absolute atomic E-state index is 0.0389. The third-order valence-corrected chi connectivity index (χ3v) is 6.82. The number of carbonyl (C=O) groups is 1. The lowest BCUT2D eigenvalue weighted by Crippen LogP contribution is -2.44. The molecule has 0 bridgehead atoms. The average Bonchev–Trinajstić information content (AvgIpc) is 3.65. The van der Waals surface area contributed by atoms with Crippen molar-refractivity contribution in [3.63, 3.8) is 0 Å². The van der Waals surface area contributed by atoms with Crippen LogP contribution in [-0.2, 0) is 33.8 Å². The fraction of sp³-hybridized carbons (Fsp3) is 0.345. The van der Waals surface area contributed by atoms with Crippen molar-refractivity contribution < 1.29 is 19.0 Å². The quantitative estimate of drug-likeness (QED) is 0.488. The summed E-state index contributed by atoms with van der Waals surface area (Å²) in [6.45, 7) is 3.44. The summed E-state index contributed by atoms with van der Waals surface area (Å²) in [5.41, 5.74) is 12.4. The third-order valence-electron chi connectivity index (χ3n) is 6.82. The van der Waals surface area contributed by atoms with E-state index in [4.69, 9.17) is 19.9 Å². The normalized spacial score (nSPS) is 16.2.